The Morgan fingerprint density at radius 1 is 1.09 bits per heavy atom. The lowest BCUT2D eigenvalue weighted by Crippen LogP contribution is -2.42. The van der Waals surface area contributed by atoms with E-state index in [2.05, 4.69) is 10.1 Å². The molecule has 5 rings (SSSR count). The average molecular weight is 467 g/mol. The summed E-state index contributed by atoms with van der Waals surface area (Å²) in [5, 5.41) is 2.72. The summed E-state index contributed by atoms with van der Waals surface area (Å²) in [5.41, 5.74) is 0.0378. The van der Waals surface area contributed by atoms with E-state index in [1.807, 2.05) is 0 Å². The van der Waals surface area contributed by atoms with Gasteiger partial charge in [0.05, 0.1) is 12.0 Å². The fraction of sp³-hybridized carbons (Fsp3) is 0.435. The highest BCUT2D eigenvalue weighted by Crippen LogP contribution is 2.62. The van der Waals surface area contributed by atoms with Gasteiger partial charge in [0.15, 0.2) is 11.5 Å². The number of amides is 1. The van der Waals surface area contributed by atoms with E-state index in [0.29, 0.717) is 29.0 Å². The van der Waals surface area contributed by atoms with Crippen LogP contribution < -0.4 is 24.3 Å². The van der Waals surface area contributed by atoms with Gasteiger partial charge in [-0.15, -0.1) is 0 Å². The van der Waals surface area contributed by atoms with Crippen LogP contribution in [0.15, 0.2) is 36.4 Å². The van der Waals surface area contributed by atoms with Crippen LogP contribution in [0.25, 0.3) is 0 Å². The molecular weight excluding hydrogens is 446 g/mol. The van der Waals surface area contributed by atoms with Gasteiger partial charge in [-0.25, -0.2) is 8.78 Å². The molecule has 3 unspecified atom stereocenters. The summed E-state index contributed by atoms with van der Waals surface area (Å²) < 4.78 is 75.2. The second kappa shape index (κ2) is 7.43. The minimum atomic E-state index is -3.21. The molecular formula is C23H21F4NO5. The average Bonchev–Trinajstić information content (AvgIpc) is 3.04. The number of carbonyl (C=O) groups is 1. The van der Waals surface area contributed by atoms with Crippen LogP contribution in [0.4, 0.5) is 17.6 Å². The maximum atomic E-state index is 14.7. The van der Waals surface area contributed by atoms with Crippen molar-refractivity contribution in [1.82, 2.24) is 5.32 Å². The van der Waals surface area contributed by atoms with E-state index in [1.54, 1.807) is 19.9 Å². The van der Waals surface area contributed by atoms with E-state index in [-0.39, 0.29) is 18.3 Å². The van der Waals surface area contributed by atoms with Gasteiger partial charge >= 0.3 is 6.61 Å². The van der Waals surface area contributed by atoms with Gasteiger partial charge in [-0.3, -0.25) is 4.79 Å². The van der Waals surface area contributed by atoms with E-state index >= 15 is 0 Å². The number of alkyl halides is 4. The Bertz CT molecular complexity index is 1110. The van der Waals surface area contributed by atoms with Crippen molar-refractivity contribution in [3.05, 3.63) is 47.5 Å². The molecule has 0 spiro atoms. The largest absolute Gasteiger partial charge is 0.487 e. The number of halogens is 4. The molecule has 3 aliphatic rings. The number of benzene rings is 2. The lowest BCUT2D eigenvalue weighted by molar-refractivity contribution is -0.125. The van der Waals surface area contributed by atoms with E-state index in [0.717, 1.165) is 0 Å². The Morgan fingerprint density at radius 2 is 1.85 bits per heavy atom. The second-order valence-corrected chi connectivity index (χ2v) is 8.95. The van der Waals surface area contributed by atoms with Crippen molar-refractivity contribution in [2.75, 3.05) is 6.79 Å². The Morgan fingerprint density at radius 3 is 2.61 bits per heavy atom. The highest BCUT2D eigenvalue weighted by atomic mass is 19.3. The summed E-state index contributed by atoms with van der Waals surface area (Å²) in [6.07, 6.45) is 0.313. The minimum Gasteiger partial charge on any atom is -0.487 e. The Labute approximate surface area is 186 Å². The first-order chi connectivity index (χ1) is 15.5. The third kappa shape index (κ3) is 3.91. The van der Waals surface area contributed by atoms with Crippen LogP contribution in [0.3, 0.4) is 0 Å². The number of rotatable bonds is 5. The van der Waals surface area contributed by atoms with Gasteiger partial charge in [0.2, 0.25) is 12.7 Å². The first kappa shape index (κ1) is 21.7. The van der Waals surface area contributed by atoms with Crippen LogP contribution >= 0.6 is 0 Å². The van der Waals surface area contributed by atoms with Gasteiger partial charge in [-0.05, 0) is 43.7 Å². The summed E-state index contributed by atoms with van der Waals surface area (Å²) >= 11 is 0. The quantitative estimate of drug-likeness (QED) is 0.641. The van der Waals surface area contributed by atoms with Gasteiger partial charge in [-0.1, -0.05) is 6.07 Å². The van der Waals surface area contributed by atoms with Crippen molar-refractivity contribution in [3.63, 3.8) is 0 Å². The molecule has 0 bridgehead atoms. The van der Waals surface area contributed by atoms with Crippen molar-refractivity contribution in [1.29, 1.82) is 0 Å². The lowest BCUT2D eigenvalue weighted by atomic mass is 9.89. The number of ether oxygens (including phenoxy) is 4. The molecule has 10 heteroatoms. The van der Waals surface area contributed by atoms with Gasteiger partial charge < -0.3 is 24.3 Å². The van der Waals surface area contributed by atoms with Crippen molar-refractivity contribution in [2.45, 2.75) is 50.4 Å². The van der Waals surface area contributed by atoms with E-state index < -0.39 is 41.9 Å². The Hall–Kier alpha value is -3.17. The molecule has 33 heavy (non-hydrogen) atoms. The number of hydrogen-bond acceptors (Lipinski definition) is 5. The molecule has 1 N–H and O–H groups in total. The number of hydrogen-bond donors (Lipinski definition) is 1. The van der Waals surface area contributed by atoms with Crippen molar-refractivity contribution < 1.29 is 41.3 Å². The molecule has 2 aliphatic heterocycles. The predicted molar refractivity (Wildman–Crippen MR) is 107 cm³/mol. The predicted octanol–water partition coefficient (Wildman–Crippen LogP) is 4.78. The lowest BCUT2D eigenvalue weighted by Gasteiger charge is -2.38. The van der Waals surface area contributed by atoms with Crippen molar-refractivity contribution in [3.8, 4) is 23.0 Å². The molecule has 0 radical (unpaired) electrons. The molecule has 2 aromatic carbocycles. The molecule has 3 atom stereocenters. The van der Waals surface area contributed by atoms with Crippen LogP contribution in [-0.2, 0) is 4.79 Å². The number of nitrogens with one attached hydrogen (secondary N) is 1. The zero-order valence-electron chi connectivity index (χ0n) is 17.7. The SMILES string of the molecule is CC1(C)CC(NC(=O)C2C(c3ccc4c(c3)OCO4)C2(F)F)c2ccc(OC(F)F)cc2O1. The molecule has 1 saturated carbocycles. The molecule has 176 valence electrons. The molecule has 2 heterocycles. The standard InChI is InChI=1S/C23H21F4NO5/c1-22(2)9-14(13-5-4-12(32-21(24)25)8-16(13)33-22)28-20(29)19-18(23(19,26)27)11-3-6-15-17(7-11)31-10-30-15/h3-8,14,18-19,21H,9-10H2,1-2H3,(H,28,29). The fourth-order valence-electron chi connectivity index (χ4n) is 4.57. The Balaban J connectivity index is 1.36. The van der Waals surface area contributed by atoms with Gasteiger partial charge in [0.25, 0.3) is 5.92 Å². The topological polar surface area (TPSA) is 66.0 Å². The summed E-state index contributed by atoms with van der Waals surface area (Å²) in [6, 6.07) is 8.04. The van der Waals surface area contributed by atoms with Gasteiger partial charge in [0.1, 0.15) is 23.0 Å². The molecule has 0 aromatic heterocycles. The molecule has 1 amide bonds. The monoisotopic (exact) mass is 467 g/mol. The van der Waals surface area contributed by atoms with Crippen LogP contribution in [0.1, 0.15) is 43.4 Å². The molecule has 6 nitrogen and oxygen atoms in total. The third-order valence-corrected chi connectivity index (χ3v) is 6.08. The number of fused-ring (bicyclic) bond motifs is 2. The maximum absolute atomic E-state index is 14.7. The minimum absolute atomic E-state index is 0.0206. The molecule has 1 fully saturated rings. The normalized spacial score (nSPS) is 25.7. The second-order valence-electron chi connectivity index (χ2n) is 8.95. The Kier molecular flexibility index (Phi) is 4.88. The van der Waals surface area contributed by atoms with Crippen LogP contribution in [0.2, 0.25) is 0 Å². The summed E-state index contributed by atoms with van der Waals surface area (Å²) in [4.78, 5) is 12.9. The van der Waals surface area contributed by atoms with Crippen molar-refractivity contribution >= 4 is 5.91 Å². The van der Waals surface area contributed by atoms with Crippen LogP contribution in [-0.4, -0.2) is 30.8 Å². The van der Waals surface area contributed by atoms with E-state index in [9.17, 15) is 22.4 Å². The smallest absolute Gasteiger partial charge is 0.387 e. The molecule has 2 aromatic rings. The summed E-state index contributed by atoms with van der Waals surface area (Å²) in [7, 11) is 0. The van der Waals surface area contributed by atoms with Gasteiger partial charge in [0, 0.05) is 18.1 Å². The van der Waals surface area contributed by atoms with Crippen molar-refractivity contribution in [2.24, 2.45) is 5.92 Å². The highest BCUT2D eigenvalue weighted by molar-refractivity contribution is 5.86. The van der Waals surface area contributed by atoms with Crippen LogP contribution in [0.5, 0.6) is 23.0 Å². The molecule has 0 saturated heterocycles. The number of carbonyl (C=O) groups excluding carboxylic acids is 1. The zero-order valence-corrected chi connectivity index (χ0v) is 17.7. The summed E-state index contributed by atoms with van der Waals surface area (Å²) in [6.45, 7) is 0.543. The van der Waals surface area contributed by atoms with E-state index in [1.165, 1.54) is 30.3 Å². The van der Waals surface area contributed by atoms with Gasteiger partial charge in [-0.2, -0.15) is 8.78 Å². The fourth-order valence-corrected chi connectivity index (χ4v) is 4.57. The summed E-state index contributed by atoms with van der Waals surface area (Å²) in [5.74, 6) is -5.81. The third-order valence-electron chi connectivity index (χ3n) is 6.08. The zero-order chi connectivity index (χ0) is 23.5. The molecule has 1 aliphatic carbocycles. The first-order valence-corrected chi connectivity index (χ1v) is 10.4. The maximum Gasteiger partial charge on any atom is 0.387 e. The van der Waals surface area contributed by atoms with E-state index in [4.69, 9.17) is 14.2 Å². The van der Waals surface area contributed by atoms with Crippen LogP contribution in [0, 0.1) is 5.92 Å². The highest BCUT2D eigenvalue weighted by Gasteiger charge is 2.72. The first-order valence-electron chi connectivity index (χ1n) is 10.4.